The third kappa shape index (κ3) is 3.81. The first kappa shape index (κ1) is 20.7. The largest absolute Gasteiger partial charge is 0.452 e. The number of aromatic amines is 1. The van der Waals surface area contributed by atoms with E-state index >= 15 is 0 Å². The Labute approximate surface area is 177 Å². The van der Waals surface area contributed by atoms with Gasteiger partial charge in [-0.3, -0.25) is 13.9 Å². The molecule has 3 aromatic rings. The van der Waals surface area contributed by atoms with Crippen molar-refractivity contribution >= 4 is 38.2 Å². The van der Waals surface area contributed by atoms with Crippen molar-refractivity contribution in [2.45, 2.75) is 19.4 Å². The molecule has 0 radical (unpaired) electrons. The standard InChI is InChI=1S/C21H19N3O6S/c1-12-9-14-10-13(7-8-17(14)24(12)31(2,28)29)18(25)11-30-21(27)19-15-5-3-4-6-16(15)20(26)23-22-19/h3-8,10,12H,9,11H2,1-2H3,(H,23,26). The Morgan fingerprint density at radius 3 is 2.61 bits per heavy atom. The topological polar surface area (TPSA) is 126 Å². The number of H-pyrrole nitrogens is 1. The number of hydrogen-bond acceptors (Lipinski definition) is 7. The van der Waals surface area contributed by atoms with Crippen LogP contribution < -0.4 is 9.86 Å². The lowest BCUT2D eigenvalue weighted by atomic mass is 10.0. The quantitative estimate of drug-likeness (QED) is 0.471. The molecule has 10 heteroatoms. The summed E-state index contributed by atoms with van der Waals surface area (Å²) in [5.41, 5.74) is 1.08. The van der Waals surface area contributed by atoms with E-state index in [0.717, 1.165) is 11.8 Å². The molecular formula is C21H19N3O6S. The molecule has 0 aliphatic carbocycles. The fourth-order valence-corrected chi connectivity index (χ4v) is 5.10. The number of anilines is 1. The van der Waals surface area contributed by atoms with Gasteiger partial charge in [-0.25, -0.2) is 18.3 Å². The van der Waals surface area contributed by atoms with E-state index in [4.69, 9.17) is 4.74 Å². The lowest BCUT2D eigenvalue weighted by Crippen LogP contribution is -2.34. The number of esters is 1. The molecule has 31 heavy (non-hydrogen) atoms. The van der Waals surface area contributed by atoms with Gasteiger partial charge in [-0.05, 0) is 43.2 Å². The van der Waals surface area contributed by atoms with Crippen LogP contribution in [-0.2, 0) is 21.2 Å². The highest BCUT2D eigenvalue weighted by Gasteiger charge is 2.32. The third-order valence-corrected chi connectivity index (χ3v) is 6.41. The zero-order valence-electron chi connectivity index (χ0n) is 16.8. The van der Waals surface area contributed by atoms with E-state index < -0.39 is 33.9 Å². The predicted octanol–water partition coefficient (Wildman–Crippen LogP) is 1.67. The molecule has 0 saturated carbocycles. The molecule has 0 amide bonds. The normalized spacial score (nSPS) is 15.7. The van der Waals surface area contributed by atoms with Gasteiger partial charge >= 0.3 is 5.97 Å². The van der Waals surface area contributed by atoms with E-state index in [1.165, 1.54) is 10.4 Å². The minimum absolute atomic E-state index is 0.0884. The summed E-state index contributed by atoms with van der Waals surface area (Å²) in [5, 5.41) is 6.63. The summed E-state index contributed by atoms with van der Waals surface area (Å²) in [7, 11) is -3.42. The van der Waals surface area contributed by atoms with Crippen molar-refractivity contribution in [2.75, 3.05) is 17.2 Å². The maximum absolute atomic E-state index is 12.6. The summed E-state index contributed by atoms with van der Waals surface area (Å²) in [4.78, 5) is 36.9. The average molecular weight is 441 g/mol. The van der Waals surface area contributed by atoms with Crippen molar-refractivity contribution in [3.05, 3.63) is 69.6 Å². The van der Waals surface area contributed by atoms with Gasteiger partial charge in [0.1, 0.15) is 0 Å². The van der Waals surface area contributed by atoms with Gasteiger partial charge in [0.15, 0.2) is 18.1 Å². The molecule has 1 aliphatic rings. The van der Waals surface area contributed by atoms with Crippen LogP contribution in [0.3, 0.4) is 0 Å². The predicted molar refractivity (Wildman–Crippen MR) is 114 cm³/mol. The molecule has 0 saturated heterocycles. The number of rotatable bonds is 5. The van der Waals surface area contributed by atoms with Gasteiger partial charge in [-0.2, -0.15) is 5.10 Å². The fourth-order valence-electron chi connectivity index (χ4n) is 3.83. The second kappa shape index (κ2) is 7.62. The van der Waals surface area contributed by atoms with Crippen LogP contribution in [0.4, 0.5) is 5.69 Å². The second-order valence-electron chi connectivity index (χ2n) is 7.40. The number of nitrogens with zero attached hydrogens (tertiary/aromatic N) is 2. The second-order valence-corrected chi connectivity index (χ2v) is 9.26. The van der Waals surface area contributed by atoms with E-state index in [0.29, 0.717) is 28.4 Å². The van der Waals surface area contributed by atoms with Crippen molar-refractivity contribution in [3.63, 3.8) is 0 Å². The Hall–Kier alpha value is -3.53. The van der Waals surface area contributed by atoms with E-state index in [2.05, 4.69) is 10.2 Å². The molecule has 0 bridgehead atoms. The van der Waals surface area contributed by atoms with Crippen LogP contribution in [0.1, 0.15) is 33.3 Å². The minimum atomic E-state index is -3.42. The Morgan fingerprint density at radius 1 is 1.19 bits per heavy atom. The molecule has 2 aromatic carbocycles. The van der Waals surface area contributed by atoms with Gasteiger partial charge in [-0.15, -0.1) is 0 Å². The van der Waals surface area contributed by atoms with E-state index in [1.807, 2.05) is 0 Å². The molecule has 1 atom stereocenters. The Morgan fingerprint density at radius 2 is 1.90 bits per heavy atom. The van der Waals surface area contributed by atoms with Crippen molar-refractivity contribution in [3.8, 4) is 0 Å². The molecule has 1 aliphatic heterocycles. The SMILES string of the molecule is CC1Cc2cc(C(=O)COC(=O)c3n[nH]c(=O)c4ccccc34)ccc2N1S(C)(=O)=O. The van der Waals surface area contributed by atoms with E-state index in [-0.39, 0.29) is 11.7 Å². The highest BCUT2D eigenvalue weighted by atomic mass is 32.2. The van der Waals surface area contributed by atoms with Crippen molar-refractivity contribution in [1.29, 1.82) is 0 Å². The number of hydrogen-bond donors (Lipinski definition) is 1. The smallest absolute Gasteiger partial charge is 0.359 e. The first-order valence-electron chi connectivity index (χ1n) is 9.47. The molecule has 160 valence electrons. The summed E-state index contributed by atoms with van der Waals surface area (Å²) in [5.74, 6) is -1.27. The molecule has 2 heterocycles. The number of benzene rings is 2. The first-order chi connectivity index (χ1) is 14.7. The average Bonchev–Trinajstić information content (AvgIpc) is 3.07. The van der Waals surface area contributed by atoms with Gasteiger partial charge in [-0.1, -0.05) is 18.2 Å². The maximum atomic E-state index is 12.6. The summed E-state index contributed by atoms with van der Waals surface area (Å²) >= 11 is 0. The van der Waals surface area contributed by atoms with Crippen LogP contribution in [0.5, 0.6) is 0 Å². The van der Waals surface area contributed by atoms with Crippen molar-refractivity contribution in [2.24, 2.45) is 0 Å². The molecule has 1 aromatic heterocycles. The number of carbonyl (C=O) groups is 2. The number of sulfonamides is 1. The maximum Gasteiger partial charge on any atom is 0.359 e. The van der Waals surface area contributed by atoms with Gasteiger partial charge in [0, 0.05) is 17.0 Å². The number of Topliss-reactive ketones (excluding diaryl/α,β-unsaturated/α-hetero) is 1. The number of ketones is 1. The highest BCUT2D eigenvalue weighted by molar-refractivity contribution is 7.92. The highest BCUT2D eigenvalue weighted by Crippen LogP contribution is 2.34. The van der Waals surface area contributed by atoms with Crippen LogP contribution in [0.25, 0.3) is 10.8 Å². The van der Waals surface area contributed by atoms with Gasteiger partial charge in [0.25, 0.3) is 5.56 Å². The molecule has 1 N–H and O–H groups in total. The Bertz CT molecular complexity index is 1380. The minimum Gasteiger partial charge on any atom is -0.452 e. The summed E-state index contributed by atoms with van der Waals surface area (Å²) in [6, 6.07) is 10.9. The van der Waals surface area contributed by atoms with Crippen LogP contribution in [0, 0.1) is 0 Å². The van der Waals surface area contributed by atoms with E-state index in [9.17, 15) is 22.8 Å². The summed E-state index contributed by atoms with van der Waals surface area (Å²) in [6.07, 6.45) is 1.63. The lowest BCUT2D eigenvalue weighted by Gasteiger charge is -2.21. The fraction of sp³-hybridized carbons (Fsp3) is 0.238. The summed E-state index contributed by atoms with van der Waals surface area (Å²) < 4.78 is 30.5. The van der Waals surface area contributed by atoms with Crippen molar-refractivity contribution < 1.29 is 22.7 Å². The zero-order valence-corrected chi connectivity index (χ0v) is 17.6. The third-order valence-electron chi connectivity index (χ3n) is 5.14. The monoisotopic (exact) mass is 441 g/mol. The molecule has 0 fully saturated rings. The van der Waals surface area contributed by atoms with Crippen LogP contribution in [0.15, 0.2) is 47.3 Å². The van der Waals surface area contributed by atoms with Gasteiger partial charge in [0.2, 0.25) is 10.0 Å². The van der Waals surface area contributed by atoms with E-state index in [1.54, 1.807) is 43.3 Å². The molecule has 4 rings (SSSR count). The van der Waals surface area contributed by atoms with Crippen molar-refractivity contribution in [1.82, 2.24) is 10.2 Å². The molecule has 1 unspecified atom stereocenters. The lowest BCUT2D eigenvalue weighted by molar-refractivity contribution is 0.0470. The van der Waals surface area contributed by atoms with Gasteiger partial charge in [0.05, 0.1) is 17.3 Å². The number of aromatic nitrogens is 2. The number of carbonyl (C=O) groups excluding carboxylic acids is 2. The van der Waals surface area contributed by atoms with Crippen LogP contribution >= 0.6 is 0 Å². The number of ether oxygens (including phenoxy) is 1. The number of fused-ring (bicyclic) bond motifs is 2. The van der Waals surface area contributed by atoms with Crippen LogP contribution in [0.2, 0.25) is 0 Å². The summed E-state index contributed by atoms with van der Waals surface area (Å²) in [6.45, 7) is 1.28. The Balaban J connectivity index is 1.52. The van der Waals surface area contributed by atoms with Gasteiger partial charge < -0.3 is 4.74 Å². The molecule has 0 spiro atoms. The molecular weight excluding hydrogens is 422 g/mol. The molecule has 9 nitrogen and oxygen atoms in total. The number of nitrogens with one attached hydrogen (secondary N) is 1. The van der Waals surface area contributed by atoms with Crippen LogP contribution in [-0.4, -0.2) is 49.3 Å². The zero-order chi connectivity index (χ0) is 22.3. The first-order valence-corrected chi connectivity index (χ1v) is 11.3. The Kier molecular flexibility index (Phi) is 5.10.